The number of nitrogens with one attached hydrogen (secondary N) is 2. The third-order valence-electron chi connectivity index (χ3n) is 9.54. The Morgan fingerprint density at radius 1 is 0.879 bits per heavy atom. The molecule has 1 aromatic carbocycles. The number of benzene rings is 1. The van der Waals surface area contributed by atoms with Crippen LogP contribution in [0, 0.1) is 0 Å². The molecule has 4 heteroatoms. The molecule has 3 atom stereocenters. The number of hydrogen-bond donors (Lipinski definition) is 3. The lowest BCUT2D eigenvalue weighted by Gasteiger charge is -2.38. The van der Waals surface area contributed by atoms with Crippen molar-refractivity contribution in [3.05, 3.63) is 35.0 Å². The lowest BCUT2D eigenvalue weighted by Crippen LogP contribution is -3.17. The smallest absolute Gasteiger partial charge is 0.152 e. The van der Waals surface area contributed by atoms with E-state index >= 15 is 0 Å². The Morgan fingerprint density at radius 2 is 1.67 bits per heavy atom. The van der Waals surface area contributed by atoms with Crippen molar-refractivity contribution in [3.63, 3.8) is 0 Å². The van der Waals surface area contributed by atoms with Crippen molar-refractivity contribution in [2.75, 3.05) is 32.7 Å². The first-order valence-electron chi connectivity index (χ1n) is 14.3. The zero-order chi connectivity index (χ0) is 22.2. The minimum atomic E-state index is -0.160. The zero-order valence-electron chi connectivity index (χ0n) is 20.6. The first-order chi connectivity index (χ1) is 16.3. The minimum Gasteiger partial charge on any atom is -0.382 e. The van der Waals surface area contributed by atoms with E-state index in [0.29, 0.717) is 6.04 Å². The van der Waals surface area contributed by atoms with Crippen molar-refractivity contribution in [1.82, 2.24) is 4.57 Å². The van der Waals surface area contributed by atoms with Crippen molar-refractivity contribution in [1.29, 1.82) is 0 Å². The molecule has 1 saturated heterocycles. The Hall–Kier alpha value is -1.36. The Kier molecular flexibility index (Phi) is 6.51. The summed E-state index contributed by atoms with van der Waals surface area (Å²) in [5.74, 6) is 0.783. The fraction of sp³-hybridized carbons (Fsp3) is 0.724. The summed E-state index contributed by atoms with van der Waals surface area (Å²) in [4.78, 5) is 3.30. The summed E-state index contributed by atoms with van der Waals surface area (Å²) >= 11 is 0. The maximum absolute atomic E-state index is 11.1. The summed E-state index contributed by atoms with van der Waals surface area (Å²) in [5, 5.41) is 12.6. The topological polar surface area (TPSA) is 34.0 Å². The van der Waals surface area contributed by atoms with Crippen LogP contribution in [0.4, 0.5) is 0 Å². The molecule has 2 fully saturated rings. The molecule has 4 aliphatic rings. The molecule has 3 N–H and O–H groups in total. The number of likely N-dealkylation sites (tertiary alicyclic amines) is 1. The molecular formula is C29H45N3O+2. The fourth-order valence-electron chi connectivity index (χ4n) is 7.89. The third-order valence-corrected chi connectivity index (χ3v) is 9.54. The molecule has 33 heavy (non-hydrogen) atoms. The fourth-order valence-corrected chi connectivity index (χ4v) is 7.89. The lowest BCUT2D eigenvalue weighted by atomic mass is 9.83. The monoisotopic (exact) mass is 451 g/mol. The summed E-state index contributed by atoms with van der Waals surface area (Å²) in [6, 6.07) is 8.08. The van der Waals surface area contributed by atoms with Crippen molar-refractivity contribution in [2.24, 2.45) is 0 Å². The summed E-state index contributed by atoms with van der Waals surface area (Å²) < 4.78 is 2.68. The molecule has 2 aromatic rings. The summed E-state index contributed by atoms with van der Waals surface area (Å²) in [6.07, 6.45) is 16.1. The van der Waals surface area contributed by atoms with Crippen LogP contribution in [0.3, 0.4) is 0 Å². The zero-order valence-corrected chi connectivity index (χ0v) is 20.6. The molecule has 3 unspecified atom stereocenters. The van der Waals surface area contributed by atoms with Gasteiger partial charge in [-0.05, 0) is 80.5 Å². The number of aliphatic hydroxyl groups excluding tert-OH is 1. The van der Waals surface area contributed by atoms with E-state index in [9.17, 15) is 5.11 Å². The van der Waals surface area contributed by atoms with E-state index in [0.717, 1.165) is 32.1 Å². The van der Waals surface area contributed by atoms with Gasteiger partial charge in [0.15, 0.2) is 6.10 Å². The predicted molar refractivity (Wildman–Crippen MR) is 134 cm³/mol. The molecule has 6 rings (SSSR count). The van der Waals surface area contributed by atoms with Crippen LogP contribution in [0.25, 0.3) is 10.9 Å². The summed E-state index contributed by atoms with van der Waals surface area (Å²) in [7, 11) is 0. The molecule has 2 aliphatic carbocycles. The average molecular weight is 452 g/mol. The maximum Gasteiger partial charge on any atom is 0.152 e. The summed E-state index contributed by atoms with van der Waals surface area (Å²) in [5.41, 5.74) is 6.37. The van der Waals surface area contributed by atoms with Crippen LogP contribution >= 0.6 is 0 Å². The van der Waals surface area contributed by atoms with Gasteiger partial charge in [0.25, 0.3) is 0 Å². The van der Waals surface area contributed by atoms with Gasteiger partial charge in [-0.15, -0.1) is 0 Å². The van der Waals surface area contributed by atoms with Gasteiger partial charge in [-0.3, -0.25) is 0 Å². The molecule has 4 nitrogen and oxygen atoms in total. The SMILES string of the molecule is OC(C[NH+]1CCCCCC1)C[NH+]1CCn2c3c(c4cc(C5CCCCC5)ccc42)CCCC31. The number of fused-ring (bicyclic) bond motifs is 3. The van der Waals surface area contributed by atoms with E-state index in [1.54, 1.807) is 32.0 Å². The molecule has 0 bridgehead atoms. The van der Waals surface area contributed by atoms with Gasteiger partial charge in [-0.25, -0.2) is 0 Å². The minimum absolute atomic E-state index is 0.160. The van der Waals surface area contributed by atoms with E-state index in [4.69, 9.17) is 0 Å². The first-order valence-corrected chi connectivity index (χ1v) is 14.3. The van der Waals surface area contributed by atoms with Crippen LogP contribution in [0.1, 0.15) is 99.4 Å². The molecule has 180 valence electrons. The first kappa shape index (κ1) is 22.1. The highest BCUT2D eigenvalue weighted by Crippen LogP contribution is 2.40. The standard InChI is InChI=1S/C29H43N3O/c33-24(20-30-15-6-1-2-7-16-30)21-31-17-18-32-27-14-13-23(22-9-4-3-5-10-22)19-26(27)25-11-8-12-28(31)29(25)32/h13-14,19,22,24,28,33H,1-12,15-18,20-21H2/p+2. The number of aromatic nitrogens is 1. The van der Waals surface area contributed by atoms with Gasteiger partial charge in [0, 0.05) is 17.3 Å². The van der Waals surface area contributed by atoms with Gasteiger partial charge in [0.2, 0.25) is 0 Å². The van der Waals surface area contributed by atoms with E-state index in [1.165, 1.54) is 95.7 Å². The Labute approximate surface area is 199 Å². The van der Waals surface area contributed by atoms with E-state index < -0.39 is 0 Å². The van der Waals surface area contributed by atoms with Crippen molar-refractivity contribution >= 4 is 10.9 Å². The van der Waals surface area contributed by atoms with E-state index in [-0.39, 0.29) is 6.10 Å². The molecule has 0 radical (unpaired) electrons. The molecular weight excluding hydrogens is 406 g/mol. The second-order valence-corrected chi connectivity index (χ2v) is 11.7. The summed E-state index contributed by atoms with van der Waals surface area (Å²) in [6.45, 7) is 6.69. The van der Waals surface area contributed by atoms with Gasteiger partial charge in [-0.2, -0.15) is 0 Å². The number of rotatable bonds is 5. The molecule has 2 aliphatic heterocycles. The van der Waals surface area contributed by atoms with Crippen LogP contribution in [-0.2, 0) is 13.0 Å². The van der Waals surface area contributed by atoms with Crippen LogP contribution in [-0.4, -0.2) is 48.5 Å². The van der Waals surface area contributed by atoms with E-state index in [2.05, 4.69) is 22.8 Å². The highest BCUT2D eigenvalue weighted by atomic mass is 16.3. The number of aryl methyl sites for hydroxylation is 1. The van der Waals surface area contributed by atoms with Crippen LogP contribution in [0.5, 0.6) is 0 Å². The number of nitrogens with zero attached hydrogens (tertiary/aromatic N) is 1. The quantitative estimate of drug-likeness (QED) is 0.642. The normalized spacial score (nSPS) is 27.9. The lowest BCUT2D eigenvalue weighted by molar-refractivity contribution is -0.949. The average Bonchev–Trinajstić information content (AvgIpc) is 2.98. The van der Waals surface area contributed by atoms with Gasteiger partial charge < -0.3 is 19.5 Å². The highest BCUT2D eigenvalue weighted by Gasteiger charge is 2.39. The molecule has 0 spiro atoms. The number of quaternary nitrogens is 2. The van der Waals surface area contributed by atoms with Gasteiger partial charge in [0.05, 0.1) is 31.9 Å². The maximum atomic E-state index is 11.1. The molecule has 1 saturated carbocycles. The molecule has 0 amide bonds. The largest absolute Gasteiger partial charge is 0.382 e. The van der Waals surface area contributed by atoms with Gasteiger partial charge >= 0.3 is 0 Å². The Bertz CT molecular complexity index is 951. The Morgan fingerprint density at radius 3 is 2.48 bits per heavy atom. The van der Waals surface area contributed by atoms with Crippen LogP contribution in [0.15, 0.2) is 18.2 Å². The second-order valence-electron chi connectivity index (χ2n) is 11.7. The molecule has 1 aromatic heterocycles. The van der Waals surface area contributed by atoms with E-state index in [1.807, 2.05) is 0 Å². The van der Waals surface area contributed by atoms with Crippen molar-refractivity contribution < 1.29 is 14.9 Å². The third kappa shape index (κ3) is 4.39. The van der Waals surface area contributed by atoms with Crippen molar-refractivity contribution in [2.45, 2.75) is 102 Å². The second kappa shape index (κ2) is 9.71. The number of hydrogen-bond acceptors (Lipinski definition) is 1. The van der Waals surface area contributed by atoms with Crippen LogP contribution in [0.2, 0.25) is 0 Å². The number of aliphatic hydroxyl groups is 1. The van der Waals surface area contributed by atoms with Crippen molar-refractivity contribution in [3.8, 4) is 0 Å². The van der Waals surface area contributed by atoms with Gasteiger partial charge in [-0.1, -0.05) is 25.3 Å². The predicted octanol–water partition coefficient (Wildman–Crippen LogP) is 2.78. The van der Waals surface area contributed by atoms with Crippen LogP contribution < -0.4 is 9.80 Å². The van der Waals surface area contributed by atoms with Gasteiger partial charge in [0.1, 0.15) is 19.1 Å². The molecule has 3 heterocycles. The Balaban J connectivity index is 1.23. The highest BCUT2D eigenvalue weighted by molar-refractivity contribution is 5.87.